The third kappa shape index (κ3) is 4.99. The molecule has 1 heteroatoms. The Balaban J connectivity index is 1.23. The van der Waals surface area contributed by atoms with Crippen LogP contribution in [0.3, 0.4) is 0 Å². The summed E-state index contributed by atoms with van der Waals surface area (Å²) >= 11 is 0. The van der Waals surface area contributed by atoms with Crippen LogP contribution >= 0.6 is 0 Å². The van der Waals surface area contributed by atoms with Gasteiger partial charge in [0.05, 0.1) is 11.4 Å². The van der Waals surface area contributed by atoms with E-state index in [0.717, 1.165) is 5.69 Å². The van der Waals surface area contributed by atoms with Gasteiger partial charge in [-0.1, -0.05) is 202 Å². The molecule has 0 spiro atoms. The van der Waals surface area contributed by atoms with E-state index in [-0.39, 0.29) is 5.41 Å². The van der Waals surface area contributed by atoms with E-state index in [0.29, 0.717) is 0 Å². The van der Waals surface area contributed by atoms with E-state index in [4.69, 9.17) is 0 Å². The molecule has 2 aliphatic rings. The molecular formula is C59H41N. The molecular weight excluding hydrogens is 723 g/mol. The molecule has 10 aromatic carbocycles. The number of nitrogens with zero attached hydrogens (tertiary/aromatic N) is 1. The maximum Gasteiger partial charge on any atom is 0.0625 e. The molecule has 1 nitrogen and oxygen atoms in total. The molecule has 12 rings (SSSR count). The van der Waals surface area contributed by atoms with Crippen LogP contribution in [0.4, 0.5) is 17.1 Å². The Morgan fingerprint density at radius 2 is 0.850 bits per heavy atom. The fourth-order valence-electron chi connectivity index (χ4n) is 10.5. The summed E-state index contributed by atoms with van der Waals surface area (Å²) in [6, 6.07) is 78.5. The first-order chi connectivity index (χ1) is 29.6. The molecule has 10 aromatic rings. The second-order valence-electron chi connectivity index (χ2n) is 16.8. The third-order valence-corrected chi connectivity index (χ3v) is 13.2. The summed E-state index contributed by atoms with van der Waals surface area (Å²) in [6.45, 7) is 4.76. The smallest absolute Gasteiger partial charge is 0.0625 e. The summed E-state index contributed by atoms with van der Waals surface area (Å²) in [7, 11) is 0. The zero-order chi connectivity index (χ0) is 40.0. The van der Waals surface area contributed by atoms with Gasteiger partial charge in [-0.3, -0.25) is 0 Å². The first-order valence-corrected chi connectivity index (χ1v) is 21.0. The van der Waals surface area contributed by atoms with E-state index in [2.05, 4.69) is 231 Å². The number of hydrogen-bond acceptors (Lipinski definition) is 1. The highest BCUT2D eigenvalue weighted by Gasteiger charge is 2.41. The summed E-state index contributed by atoms with van der Waals surface area (Å²) in [5.41, 5.74) is 21.4. The van der Waals surface area contributed by atoms with Gasteiger partial charge in [-0.25, -0.2) is 0 Å². The molecule has 0 bridgehead atoms. The summed E-state index contributed by atoms with van der Waals surface area (Å²) in [4.78, 5) is 2.60. The van der Waals surface area contributed by atoms with E-state index < -0.39 is 0 Å². The van der Waals surface area contributed by atoms with Crippen LogP contribution < -0.4 is 4.90 Å². The first-order valence-electron chi connectivity index (χ1n) is 21.0. The van der Waals surface area contributed by atoms with Crippen molar-refractivity contribution in [2.75, 3.05) is 4.90 Å². The number of benzene rings is 10. The van der Waals surface area contributed by atoms with Crippen molar-refractivity contribution in [1.82, 2.24) is 0 Å². The van der Waals surface area contributed by atoms with Gasteiger partial charge in [0.25, 0.3) is 0 Å². The monoisotopic (exact) mass is 763 g/mol. The zero-order valence-electron chi connectivity index (χ0n) is 33.7. The van der Waals surface area contributed by atoms with Crippen molar-refractivity contribution < 1.29 is 0 Å². The highest BCUT2D eigenvalue weighted by atomic mass is 15.2. The molecule has 0 saturated heterocycles. The Morgan fingerprint density at radius 1 is 0.333 bits per heavy atom. The van der Waals surface area contributed by atoms with Gasteiger partial charge in [0, 0.05) is 33.2 Å². The Bertz CT molecular complexity index is 3310. The van der Waals surface area contributed by atoms with E-state index in [1.54, 1.807) is 0 Å². The normalized spacial score (nSPS) is 13.0. The van der Waals surface area contributed by atoms with Crippen LogP contribution in [0.2, 0.25) is 0 Å². The molecule has 2 aliphatic carbocycles. The molecule has 0 atom stereocenters. The van der Waals surface area contributed by atoms with E-state index in [9.17, 15) is 0 Å². The molecule has 282 valence electrons. The van der Waals surface area contributed by atoms with Crippen molar-refractivity contribution in [2.45, 2.75) is 19.3 Å². The molecule has 0 unspecified atom stereocenters. The van der Waals surface area contributed by atoms with Gasteiger partial charge in [-0.05, 0) is 102 Å². The standard InChI is InChI=1S/C59H41N/c1-59(2)49-30-17-16-29-47(49)54-50(59)31-18-32-51(54)60(43-35-33-39(34-36-43)38-19-6-3-7-20-38)58-44-26-13-12-25-42(44)37-48-55-52(40-21-8-4-9-22-40)45-27-14-15-28-46(45)53(57(55)56(48)58)41-23-10-5-11-24-41/h3-37H,1-2H3. The highest BCUT2D eigenvalue weighted by molar-refractivity contribution is 6.30. The van der Waals surface area contributed by atoms with Gasteiger partial charge in [0.15, 0.2) is 0 Å². The quantitative estimate of drug-likeness (QED) is 0.163. The van der Waals surface area contributed by atoms with Gasteiger partial charge in [0.2, 0.25) is 0 Å². The fraction of sp³-hybridized carbons (Fsp3) is 0.0508. The second-order valence-corrected chi connectivity index (χ2v) is 16.8. The lowest BCUT2D eigenvalue weighted by atomic mass is 9.69. The Kier molecular flexibility index (Phi) is 7.65. The van der Waals surface area contributed by atoms with Gasteiger partial charge in [-0.15, -0.1) is 0 Å². The minimum absolute atomic E-state index is 0.148. The van der Waals surface area contributed by atoms with E-state index >= 15 is 0 Å². The summed E-state index contributed by atoms with van der Waals surface area (Å²) in [5, 5.41) is 4.99. The predicted molar refractivity (Wildman–Crippen MR) is 254 cm³/mol. The lowest BCUT2D eigenvalue weighted by Gasteiger charge is -2.39. The molecule has 0 fully saturated rings. The summed E-state index contributed by atoms with van der Waals surface area (Å²) in [5.74, 6) is 0. The first kappa shape index (κ1) is 34.6. The lowest BCUT2D eigenvalue weighted by molar-refractivity contribution is 0.660. The maximum atomic E-state index is 2.60. The van der Waals surface area contributed by atoms with Crippen LogP contribution in [0, 0.1) is 0 Å². The van der Waals surface area contributed by atoms with Crippen LogP contribution in [0.25, 0.3) is 88.3 Å². The van der Waals surface area contributed by atoms with E-state index in [1.807, 2.05) is 0 Å². The van der Waals surface area contributed by atoms with Crippen molar-refractivity contribution in [2.24, 2.45) is 0 Å². The minimum atomic E-state index is -0.148. The summed E-state index contributed by atoms with van der Waals surface area (Å²) in [6.07, 6.45) is 0. The van der Waals surface area contributed by atoms with Crippen molar-refractivity contribution in [3.05, 3.63) is 223 Å². The molecule has 0 radical (unpaired) electrons. The minimum Gasteiger partial charge on any atom is -0.309 e. The molecule has 0 amide bonds. The Labute approximate surface area is 351 Å². The molecule has 0 heterocycles. The topological polar surface area (TPSA) is 3.24 Å². The van der Waals surface area contributed by atoms with Crippen molar-refractivity contribution in [3.8, 4) is 66.8 Å². The largest absolute Gasteiger partial charge is 0.309 e. The fourth-order valence-corrected chi connectivity index (χ4v) is 10.5. The van der Waals surface area contributed by atoms with Crippen molar-refractivity contribution in [1.29, 1.82) is 0 Å². The van der Waals surface area contributed by atoms with Crippen LogP contribution in [0.15, 0.2) is 212 Å². The molecule has 0 aromatic heterocycles. The maximum absolute atomic E-state index is 2.60. The average molecular weight is 764 g/mol. The Morgan fingerprint density at radius 3 is 1.52 bits per heavy atom. The molecule has 0 saturated carbocycles. The summed E-state index contributed by atoms with van der Waals surface area (Å²) < 4.78 is 0. The van der Waals surface area contributed by atoms with Crippen LogP contribution in [-0.4, -0.2) is 0 Å². The zero-order valence-corrected chi connectivity index (χ0v) is 33.7. The van der Waals surface area contributed by atoms with Crippen molar-refractivity contribution in [3.63, 3.8) is 0 Å². The molecule has 60 heavy (non-hydrogen) atoms. The molecule has 0 N–H and O–H groups in total. The van der Waals surface area contributed by atoms with Crippen LogP contribution in [0.5, 0.6) is 0 Å². The Hall–Kier alpha value is -7.48. The molecule has 0 aliphatic heterocycles. The van der Waals surface area contributed by atoms with Gasteiger partial charge >= 0.3 is 0 Å². The predicted octanol–water partition coefficient (Wildman–Crippen LogP) is 16.4. The number of hydrogen-bond donors (Lipinski definition) is 0. The van der Waals surface area contributed by atoms with Gasteiger partial charge in [0.1, 0.15) is 0 Å². The number of anilines is 3. The number of rotatable bonds is 6. The average Bonchev–Trinajstić information content (AvgIpc) is 3.55. The lowest BCUT2D eigenvalue weighted by Crippen LogP contribution is -2.18. The SMILES string of the molecule is CC1(C)c2ccccc2-c2c(N(c3ccc(-c4ccccc4)cc3)c3c4c(cc5ccccc35)-c3c-4c(-c4ccccc4)c4ccccc4c3-c3ccccc3)cccc21. The van der Waals surface area contributed by atoms with Crippen molar-refractivity contribution >= 4 is 38.6 Å². The van der Waals surface area contributed by atoms with Gasteiger partial charge in [-0.2, -0.15) is 0 Å². The van der Waals surface area contributed by atoms with E-state index in [1.165, 1.54) is 111 Å². The van der Waals surface area contributed by atoms with Crippen LogP contribution in [-0.2, 0) is 5.41 Å². The third-order valence-electron chi connectivity index (χ3n) is 13.2. The van der Waals surface area contributed by atoms with Gasteiger partial charge < -0.3 is 4.90 Å². The highest BCUT2D eigenvalue weighted by Crippen LogP contribution is 2.65. The second kappa shape index (κ2) is 13.3. The number of fused-ring (bicyclic) bond motifs is 9. The van der Waals surface area contributed by atoms with Crippen LogP contribution in [0.1, 0.15) is 25.0 Å².